The summed E-state index contributed by atoms with van der Waals surface area (Å²) in [6, 6.07) is 0. The number of aryl methyl sites for hydroxylation is 1. The molecule has 1 unspecified atom stereocenters. The summed E-state index contributed by atoms with van der Waals surface area (Å²) < 4.78 is 1.15. The van der Waals surface area contributed by atoms with Gasteiger partial charge in [-0.15, -0.1) is 0 Å². The third kappa shape index (κ3) is 4.82. The molecule has 118 valence electrons. The van der Waals surface area contributed by atoms with Gasteiger partial charge in [-0.3, -0.25) is 19.6 Å². The molecule has 2 N–H and O–H groups in total. The van der Waals surface area contributed by atoms with E-state index in [-0.39, 0.29) is 17.9 Å². The predicted octanol–water partition coefficient (Wildman–Crippen LogP) is 1.25. The molecular formula is C13H22N4O4. The van der Waals surface area contributed by atoms with E-state index in [1.165, 1.54) is 7.05 Å². The monoisotopic (exact) mass is 298 g/mol. The average molecular weight is 298 g/mol. The number of aromatic nitrogens is 2. The fourth-order valence-electron chi connectivity index (χ4n) is 1.87. The Bertz CT molecular complexity index is 522. The first-order chi connectivity index (χ1) is 9.64. The summed E-state index contributed by atoms with van der Waals surface area (Å²) in [6.45, 7) is 5.76. The van der Waals surface area contributed by atoms with Crippen LogP contribution in [-0.4, -0.2) is 37.9 Å². The molecule has 1 atom stereocenters. The minimum atomic E-state index is -1.05. The summed E-state index contributed by atoms with van der Waals surface area (Å²) in [7, 11) is 1.46. The summed E-state index contributed by atoms with van der Waals surface area (Å²) in [4.78, 5) is 22.2. The van der Waals surface area contributed by atoms with Crippen LogP contribution in [0, 0.1) is 16.0 Å². The Morgan fingerprint density at radius 1 is 1.62 bits per heavy atom. The number of carbonyl (C=O) groups is 1. The van der Waals surface area contributed by atoms with Crippen LogP contribution in [0.4, 0.5) is 5.69 Å². The van der Waals surface area contributed by atoms with Gasteiger partial charge in [0.15, 0.2) is 0 Å². The van der Waals surface area contributed by atoms with E-state index < -0.39 is 16.4 Å². The van der Waals surface area contributed by atoms with Crippen LogP contribution in [0.3, 0.4) is 0 Å². The summed E-state index contributed by atoms with van der Waals surface area (Å²) in [5, 5.41) is 27.3. The zero-order valence-corrected chi connectivity index (χ0v) is 12.8. The maximum atomic E-state index is 12.0. The Morgan fingerprint density at radius 2 is 2.24 bits per heavy atom. The summed E-state index contributed by atoms with van der Waals surface area (Å²) in [5.41, 5.74) is -1.52. The van der Waals surface area contributed by atoms with Crippen LogP contribution in [0.15, 0.2) is 6.20 Å². The topological polar surface area (TPSA) is 110 Å². The molecule has 0 saturated heterocycles. The maximum absolute atomic E-state index is 12.0. The highest BCUT2D eigenvalue weighted by Gasteiger charge is 2.28. The summed E-state index contributed by atoms with van der Waals surface area (Å²) >= 11 is 0. The Balaban J connectivity index is 2.70. The van der Waals surface area contributed by atoms with Crippen LogP contribution in [0.25, 0.3) is 0 Å². The third-order valence-corrected chi connectivity index (χ3v) is 3.22. The number of aliphatic hydroxyl groups is 1. The predicted molar refractivity (Wildman–Crippen MR) is 76.9 cm³/mol. The largest absolute Gasteiger partial charge is 0.388 e. The minimum Gasteiger partial charge on any atom is -0.388 e. The summed E-state index contributed by atoms with van der Waals surface area (Å²) in [6.07, 6.45) is 2.40. The normalized spacial score (nSPS) is 14.0. The van der Waals surface area contributed by atoms with Crippen molar-refractivity contribution < 1.29 is 14.8 Å². The lowest BCUT2D eigenvalue weighted by molar-refractivity contribution is -0.385. The quantitative estimate of drug-likeness (QED) is 0.581. The molecule has 0 bridgehead atoms. The number of nitrogens with zero attached hydrogens (tertiary/aromatic N) is 3. The van der Waals surface area contributed by atoms with Crippen LogP contribution in [0.2, 0.25) is 0 Å². The second kappa shape index (κ2) is 6.66. The molecule has 1 rings (SSSR count). The van der Waals surface area contributed by atoms with Gasteiger partial charge in [-0.1, -0.05) is 13.8 Å². The highest BCUT2D eigenvalue weighted by Crippen LogP contribution is 2.18. The molecule has 1 amide bonds. The lowest BCUT2D eigenvalue weighted by Gasteiger charge is -2.24. The van der Waals surface area contributed by atoms with Crippen molar-refractivity contribution in [1.82, 2.24) is 15.1 Å². The van der Waals surface area contributed by atoms with E-state index in [1.807, 2.05) is 13.8 Å². The van der Waals surface area contributed by atoms with Gasteiger partial charge in [0.25, 0.3) is 5.91 Å². The molecule has 0 aliphatic rings. The van der Waals surface area contributed by atoms with E-state index in [1.54, 1.807) is 6.92 Å². The Hall–Kier alpha value is -1.96. The molecular weight excluding hydrogens is 276 g/mol. The second-order valence-electron chi connectivity index (χ2n) is 5.87. The fraction of sp³-hybridized carbons (Fsp3) is 0.692. The van der Waals surface area contributed by atoms with E-state index >= 15 is 0 Å². The number of hydrogen-bond acceptors (Lipinski definition) is 5. The standard InChI is InChI=1S/C13H22N4O4/c1-9(2)5-6-13(3,19)8-14-12(18)11-10(17(20)21)7-15-16(11)4/h7,9,19H,5-6,8H2,1-4H3,(H,14,18). The molecule has 1 heterocycles. The van der Waals surface area contributed by atoms with Gasteiger partial charge in [-0.2, -0.15) is 5.10 Å². The summed E-state index contributed by atoms with van der Waals surface area (Å²) in [5.74, 6) is -0.170. The average Bonchev–Trinajstić information content (AvgIpc) is 2.76. The highest BCUT2D eigenvalue weighted by atomic mass is 16.6. The van der Waals surface area contributed by atoms with Crippen LogP contribution in [0.5, 0.6) is 0 Å². The molecule has 0 radical (unpaired) electrons. The Kier molecular flexibility index (Phi) is 5.42. The van der Waals surface area contributed by atoms with Crippen molar-refractivity contribution >= 4 is 11.6 Å². The van der Waals surface area contributed by atoms with Gasteiger partial charge in [-0.05, 0) is 25.7 Å². The van der Waals surface area contributed by atoms with E-state index in [0.717, 1.165) is 17.3 Å². The Labute approximate surface area is 123 Å². The SMILES string of the molecule is CC(C)CCC(C)(O)CNC(=O)c1c([N+](=O)[O-])cnn1C. The highest BCUT2D eigenvalue weighted by molar-refractivity contribution is 5.96. The van der Waals surface area contributed by atoms with E-state index in [0.29, 0.717) is 12.3 Å². The van der Waals surface area contributed by atoms with E-state index in [4.69, 9.17) is 0 Å². The number of carbonyl (C=O) groups excluding carboxylic acids is 1. The van der Waals surface area contributed by atoms with Crippen molar-refractivity contribution in [3.05, 3.63) is 22.0 Å². The molecule has 0 aromatic carbocycles. The smallest absolute Gasteiger partial charge is 0.320 e. The molecule has 8 nitrogen and oxygen atoms in total. The first-order valence-electron chi connectivity index (χ1n) is 6.81. The van der Waals surface area contributed by atoms with Crippen molar-refractivity contribution in [3.63, 3.8) is 0 Å². The van der Waals surface area contributed by atoms with Crippen molar-refractivity contribution in [2.45, 2.75) is 39.2 Å². The molecule has 1 aromatic rings. The number of amides is 1. The van der Waals surface area contributed by atoms with Gasteiger partial charge in [0.05, 0.1) is 10.5 Å². The van der Waals surface area contributed by atoms with Gasteiger partial charge in [0.1, 0.15) is 6.20 Å². The first-order valence-corrected chi connectivity index (χ1v) is 6.81. The fourth-order valence-corrected chi connectivity index (χ4v) is 1.87. The third-order valence-electron chi connectivity index (χ3n) is 3.22. The van der Waals surface area contributed by atoms with Gasteiger partial charge in [0, 0.05) is 13.6 Å². The van der Waals surface area contributed by atoms with Gasteiger partial charge < -0.3 is 10.4 Å². The molecule has 0 saturated carbocycles. The number of nitro groups is 1. The van der Waals surface area contributed by atoms with Crippen LogP contribution >= 0.6 is 0 Å². The van der Waals surface area contributed by atoms with Crippen LogP contribution < -0.4 is 5.32 Å². The molecule has 0 fully saturated rings. The van der Waals surface area contributed by atoms with E-state index in [9.17, 15) is 20.0 Å². The molecule has 0 aliphatic heterocycles. The zero-order chi connectivity index (χ0) is 16.2. The molecule has 0 spiro atoms. The lowest BCUT2D eigenvalue weighted by atomic mass is 9.95. The lowest BCUT2D eigenvalue weighted by Crippen LogP contribution is -2.41. The van der Waals surface area contributed by atoms with Crippen molar-refractivity contribution in [1.29, 1.82) is 0 Å². The van der Waals surface area contributed by atoms with Crippen molar-refractivity contribution in [3.8, 4) is 0 Å². The Morgan fingerprint density at radius 3 is 2.76 bits per heavy atom. The van der Waals surface area contributed by atoms with Crippen LogP contribution in [-0.2, 0) is 7.05 Å². The molecule has 8 heteroatoms. The molecule has 0 aliphatic carbocycles. The van der Waals surface area contributed by atoms with Crippen LogP contribution in [0.1, 0.15) is 44.1 Å². The van der Waals surface area contributed by atoms with Crippen molar-refractivity contribution in [2.75, 3.05) is 6.54 Å². The molecule has 1 aromatic heterocycles. The van der Waals surface area contributed by atoms with Crippen molar-refractivity contribution in [2.24, 2.45) is 13.0 Å². The zero-order valence-electron chi connectivity index (χ0n) is 12.8. The number of nitrogens with one attached hydrogen (secondary N) is 1. The van der Waals surface area contributed by atoms with Gasteiger partial charge in [-0.25, -0.2) is 0 Å². The maximum Gasteiger partial charge on any atom is 0.320 e. The van der Waals surface area contributed by atoms with E-state index in [2.05, 4.69) is 10.4 Å². The van der Waals surface area contributed by atoms with Gasteiger partial charge in [0.2, 0.25) is 5.69 Å². The number of rotatable bonds is 7. The number of hydrogen-bond donors (Lipinski definition) is 2. The molecule has 21 heavy (non-hydrogen) atoms. The minimum absolute atomic E-state index is 0.0287. The first kappa shape index (κ1) is 17.1. The van der Waals surface area contributed by atoms with Gasteiger partial charge >= 0.3 is 5.69 Å². The second-order valence-corrected chi connectivity index (χ2v) is 5.87.